The maximum Gasteiger partial charge on any atom is 0.0672 e. The van der Waals surface area contributed by atoms with Gasteiger partial charge in [0.05, 0.1) is 12.2 Å². The van der Waals surface area contributed by atoms with Gasteiger partial charge in [0.25, 0.3) is 0 Å². The number of rotatable bonds is 3. The van der Waals surface area contributed by atoms with E-state index in [0.717, 1.165) is 12.2 Å². The highest BCUT2D eigenvalue weighted by Crippen LogP contribution is 2.24. The molecule has 90 valence electrons. The van der Waals surface area contributed by atoms with Crippen molar-refractivity contribution in [2.45, 2.75) is 27.3 Å². The number of nitrogens with two attached hydrogens (primary N) is 1. The van der Waals surface area contributed by atoms with Crippen LogP contribution < -0.4 is 5.73 Å². The Bertz CT molecular complexity index is 506. The number of hydrogen-bond donors (Lipinski definition) is 1. The molecule has 1 aromatic carbocycles. The Labute approximate surface area is 102 Å². The van der Waals surface area contributed by atoms with Gasteiger partial charge in [-0.05, 0) is 26.3 Å². The van der Waals surface area contributed by atoms with Crippen LogP contribution in [0.2, 0.25) is 0 Å². The summed E-state index contributed by atoms with van der Waals surface area (Å²) in [6.45, 7) is 7.67. The molecule has 0 unspecified atom stereocenters. The smallest absolute Gasteiger partial charge is 0.0672 e. The molecule has 0 bridgehead atoms. The molecule has 17 heavy (non-hydrogen) atoms. The van der Waals surface area contributed by atoms with E-state index in [1.54, 1.807) is 0 Å². The average molecular weight is 229 g/mol. The van der Waals surface area contributed by atoms with Crippen LogP contribution in [-0.2, 0) is 6.54 Å². The van der Waals surface area contributed by atoms with Crippen LogP contribution in [0.4, 0.5) is 0 Å². The average Bonchev–Trinajstić information content (AvgIpc) is 2.58. The highest BCUT2D eigenvalue weighted by molar-refractivity contribution is 5.66. The third-order valence-corrected chi connectivity index (χ3v) is 2.84. The lowest BCUT2D eigenvalue weighted by molar-refractivity contribution is 0.620. The summed E-state index contributed by atoms with van der Waals surface area (Å²) >= 11 is 0. The van der Waals surface area contributed by atoms with Crippen LogP contribution in [0.3, 0.4) is 0 Å². The maximum atomic E-state index is 5.55. The lowest BCUT2D eigenvalue weighted by Crippen LogP contribution is -2.10. The third-order valence-electron chi connectivity index (χ3n) is 2.84. The van der Waals surface area contributed by atoms with Crippen molar-refractivity contribution in [1.29, 1.82) is 0 Å². The minimum absolute atomic E-state index is 0.618. The molecule has 0 aliphatic carbocycles. The molecule has 1 aromatic heterocycles. The van der Waals surface area contributed by atoms with Crippen molar-refractivity contribution >= 4 is 0 Å². The minimum Gasteiger partial charge on any atom is -0.329 e. The van der Waals surface area contributed by atoms with Gasteiger partial charge in [0.1, 0.15) is 0 Å². The molecule has 0 atom stereocenters. The molecular formula is C14H19N3. The van der Waals surface area contributed by atoms with Crippen LogP contribution in [0.25, 0.3) is 11.1 Å². The van der Waals surface area contributed by atoms with E-state index in [9.17, 15) is 0 Å². The second-order valence-corrected chi connectivity index (χ2v) is 4.56. The van der Waals surface area contributed by atoms with Gasteiger partial charge in [0.15, 0.2) is 0 Å². The number of aryl methyl sites for hydroxylation is 3. The summed E-state index contributed by atoms with van der Waals surface area (Å²) in [6.07, 6.45) is 2.08. The first kappa shape index (κ1) is 11.9. The molecule has 0 saturated carbocycles. The summed E-state index contributed by atoms with van der Waals surface area (Å²) in [5.74, 6) is 0. The van der Waals surface area contributed by atoms with Gasteiger partial charge in [-0.3, -0.25) is 4.68 Å². The molecule has 3 nitrogen and oxygen atoms in total. The van der Waals surface area contributed by atoms with Crippen molar-refractivity contribution in [3.63, 3.8) is 0 Å². The molecule has 1 heterocycles. The Morgan fingerprint density at radius 1 is 1.12 bits per heavy atom. The van der Waals surface area contributed by atoms with Gasteiger partial charge in [0.2, 0.25) is 0 Å². The molecule has 3 heteroatoms. The molecule has 0 amide bonds. The summed E-state index contributed by atoms with van der Waals surface area (Å²) in [5.41, 5.74) is 11.6. The van der Waals surface area contributed by atoms with Crippen LogP contribution in [0.5, 0.6) is 0 Å². The molecule has 0 saturated heterocycles. The summed E-state index contributed by atoms with van der Waals surface area (Å²) in [6, 6.07) is 6.58. The van der Waals surface area contributed by atoms with Gasteiger partial charge in [-0.1, -0.05) is 29.3 Å². The predicted octanol–water partition coefficient (Wildman–Crippen LogP) is 2.43. The van der Waals surface area contributed by atoms with E-state index in [-0.39, 0.29) is 0 Å². The maximum absolute atomic E-state index is 5.55. The van der Waals surface area contributed by atoms with Crippen LogP contribution in [0.1, 0.15) is 16.8 Å². The summed E-state index contributed by atoms with van der Waals surface area (Å²) in [4.78, 5) is 0. The second-order valence-electron chi connectivity index (χ2n) is 4.56. The zero-order valence-corrected chi connectivity index (χ0v) is 10.7. The summed E-state index contributed by atoms with van der Waals surface area (Å²) in [7, 11) is 0. The molecule has 0 fully saturated rings. The van der Waals surface area contributed by atoms with Gasteiger partial charge >= 0.3 is 0 Å². The lowest BCUT2D eigenvalue weighted by atomic mass is 10.0. The fourth-order valence-electron chi connectivity index (χ4n) is 2.18. The summed E-state index contributed by atoms with van der Waals surface area (Å²) in [5, 5.41) is 4.47. The van der Waals surface area contributed by atoms with Crippen molar-refractivity contribution in [1.82, 2.24) is 9.78 Å². The van der Waals surface area contributed by atoms with Gasteiger partial charge < -0.3 is 5.73 Å². The number of aromatic nitrogens is 2. The van der Waals surface area contributed by atoms with Crippen molar-refractivity contribution in [2.75, 3.05) is 6.54 Å². The van der Waals surface area contributed by atoms with E-state index in [1.165, 1.54) is 22.3 Å². The number of hydrogen-bond acceptors (Lipinski definition) is 2. The van der Waals surface area contributed by atoms with E-state index in [1.807, 2.05) is 11.6 Å². The molecule has 2 rings (SSSR count). The molecule has 0 spiro atoms. The minimum atomic E-state index is 0.618. The van der Waals surface area contributed by atoms with E-state index < -0.39 is 0 Å². The van der Waals surface area contributed by atoms with Gasteiger partial charge in [-0.15, -0.1) is 0 Å². The van der Waals surface area contributed by atoms with E-state index in [0.29, 0.717) is 6.54 Å². The molecule has 2 aromatic rings. The Balaban J connectivity index is 2.44. The van der Waals surface area contributed by atoms with Crippen LogP contribution in [0, 0.1) is 20.8 Å². The fraction of sp³-hybridized carbons (Fsp3) is 0.357. The van der Waals surface area contributed by atoms with Crippen molar-refractivity contribution in [2.24, 2.45) is 5.73 Å². The first-order valence-corrected chi connectivity index (χ1v) is 5.93. The van der Waals surface area contributed by atoms with Crippen molar-refractivity contribution < 1.29 is 0 Å². The van der Waals surface area contributed by atoms with Gasteiger partial charge in [-0.25, -0.2) is 0 Å². The highest BCUT2D eigenvalue weighted by atomic mass is 15.3. The second kappa shape index (κ2) is 4.72. The van der Waals surface area contributed by atoms with Crippen LogP contribution in [0.15, 0.2) is 24.4 Å². The predicted molar refractivity (Wildman–Crippen MR) is 70.9 cm³/mol. The Kier molecular flexibility index (Phi) is 3.29. The van der Waals surface area contributed by atoms with Gasteiger partial charge in [-0.2, -0.15) is 5.10 Å². The molecule has 0 radical (unpaired) electrons. The molecule has 0 aliphatic heterocycles. The zero-order chi connectivity index (χ0) is 12.4. The van der Waals surface area contributed by atoms with E-state index >= 15 is 0 Å². The Hall–Kier alpha value is -1.61. The standard InChI is InChI=1S/C14H19N3/c1-10-6-11(2)8-13(7-10)14-9-17(5-4-15)16-12(14)3/h6-9H,4-5,15H2,1-3H3. The topological polar surface area (TPSA) is 43.8 Å². The van der Waals surface area contributed by atoms with Crippen molar-refractivity contribution in [3.8, 4) is 11.1 Å². The fourth-order valence-corrected chi connectivity index (χ4v) is 2.18. The van der Waals surface area contributed by atoms with Crippen LogP contribution in [-0.4, -0.2) is 16.3 Å². The molecule has 2 N–H and O–H groups in total. The zero-order valence-electron chi connectivity index (χ0n) is 10.7. The normalized spacial score (nSPS) is 10.8. The number of benzene rings is 1. The quantitative estimate of drug-likeness (QED) is 0.878. The Morgan fingerprint density at radius 3 is 2.35 bits per heavy atom. The SMILES string of the molecule is Cc1cc(C)cc(-c2cn(CCN)nc2C)c1. The van der Waals surface area contributed by atoms with E-state index in [4.69, 9.17) is 5.73 Å². The highest BCUT2D eigenvalue weighted by Gasteiger charge is 2.07. The first-order valence-electron chi connectivity index (χ1n) is 5.93. The van der Waals surface area contributed by atoms with E-state index in [2.05, 4.69) is 43.3 Å². The first-order chi connectivity index (χ1) is 8.10. The number of nitrogens with zero attached hydrogens (tertiary/aromatic N) is 2. The monoisotopic (exact) mass is 229 g/mol. The lowest BCUT2D eigenvalue weighted by Gasteiger charge is -2.03. The third kappa shape index (κ3) is 2.56. The van der Waals surface area contributed by atoms with Crippen LogP contribution >= 0.6 is 0 Å². The summed E-state index contributed by atoms with van der Waals surface area (Å²) < 4.78 is 1.92. The molecular weight excluding hydrogens is 210 g/mol. The van der Waals surface area contributed by atoms with Crippen molar-refractivity contribution in [3.05, 3.63) is 41.2 Å². The largest absolute Gasteiger partial charge is 0.329 e. The molecule has 0 aliphatic rings. The van der Waals surface area contributed by atoms with Gasteiger partial charge in [0, 0.05) is 18.3 Å². The Morgan fingerprint density at radius 2 is 1.76 bits per heavy atom.